The molecule has 7 nitrogen and oxygen atoms in total. The fourth-order valence-electron chi connectivity index (χ4n) is 2.88. The Bertz CT molecular complexity index is 556. The zero-order chi connectivity index (χ0) is 15.2. The Hall–Kier alpha value is -1.16. The van der Waals surface area contributed by atoms with Crippen molar-refractivity contribution in [3.05, 3.63) is 23.8 Å². The lowest BCUT2D eigenvalue weighted by atomic mass is 10.1. The maximum absolute atomic E-state index is 5.32. The predicted octanol–water partition coefficient (Wildman–Crippen LogP) is 1.11. The number of hydrogen-bond donors (Lipinski definition) is 2. The van der Waals surface area contributed by atoms with E-state index in [-0.39, 0.29) is 24.0 Å². The maximum Gasteiger partial charge on any atom is 0.191 e. The van der Waals surface area contributed by atoms with Crippen LogP contribution in [0.2, 0.25) is 0 Å². The summed E-state index contributed by atoms with van der Waals surface area (Å²) in [6.45, 7) is 3.34. The van der Waals surface area contributed by atoms with Gasteiger partial charge in [-0.3, -0.25) is 4.99 Å². The van der Waals surface area contributed by atoms with Gasteiger partial charge in [0.05, 0.1) is 19.8 Å². The summed E-state index contributed by atoms with van der Waals surface area (Å²) in [6.07, 6.45) is 7.93. The van der Waals surface area contributed by atoms with Crippen LogP contribution in [0.4, 0.5) is 0 Å². The molecule has 0 saturated carbocycles. The highest BCUT2D eigenvalue weighted by Gasteiger charge is 2.20. The first kappa shape index (κ1) is 18.2. The Morgan fingerprint density at radius 2 is 2.39 bits per heavy atom. The average Bonchev–Trinajstić information content (AvgIpc) is 3.02. The molecule has 0 aliphatic carbocycles. The minimum absolute atomic E-state index is 0. The minimum Gasteiger partial charge on any atom is -0.377 e. The molecule has 2 aliphatic heterocycles. The van der Waals surface area contributed by atoms with E-state index in [0.717, 1.165) is 63.8 Å². The van der Waals surface area contributed by atoms with E-state index >= 15 is 0 Å². The Morgan fingerprint density at radius 3 is 3.17 bits per heavy atom. The molecule has 0 bridgehead atoms. The number of guanidine groups is 1. The first-order valence-corrected chi connectivity index (χ1v) is 7.94. The normalized spacial score (nSPS) is 21.0. The van der Waals surface area contributed by atoms with Crippen LogP contribution in [0, 0.1) is 0 Å². The van der Waals surface area contributed by atoms with E-state index in [1.807, 2.05) is 11.7 Å². The third-order valence-corrected chi connectivity index (χ3v) is 4.17. The van der Waals surface area contributed by atoms with Crippen LogP contribution in [-0.4, -0.2) is 53.6 Å². The van der Waals surface area contributed by atoms with Crippen molar-refractivity contribution in [2.24, 2.45) is 4.99 Å². The van der Waals surface area contributed by atoms with Gasteiger partial charge in [0.1, 0.15) is 12.2 Å². The molecule has 0 spiro atoms. The Kier molecular flexibility index (Phi) is 7.28. The number of rotatable bonds is 4. The van der Waals surface area contributed by atoms with Gasteiger partial charge in [0, 0.05) is 26.1 Å². The smallest absolute Gasteiger partial charge is 0.191 e. The first-order chi connectivity index (χ1) is 10.8. The van der Waals surface area contributed by atoms with Crippen LogP contribution >= 0.6 is 24.0 Å². The minimum atomic E-state index is 0. The summed E-state index contributed by atoms with van der Waals surface area (Å²) in [6, 6.07) is 0.350. The lowest BCUT2D eigenvalue weighted by Gasteiger charge is -2.25. The molecule has 3 rings (SSSR count). The predicted molar refractivity (Wildman–Crippen MR) is 100 cm³/mol. The molecule has 1 unspecified atom stereocenters. The topological polar surface area (TPSA) is 76.4 Å². The van der Waals surface area contributed by atoms with E-state index in [0.29, 0.717) is 6.04 Å². The summed E-state index contributed by atoms with van der Waals surface area (Å²) in [5.41, 5.74) is 1.47. The zero-order valence-corrected chi connectivity index (χ0v) is 15.8. The second-order valence-corrected chi connectivity index (χ2v) is 5.67. The fraction of sp³-hybridized carbons (Fsp3) is 0.667. The highest BCUT2D eigenvalue weighted by atomic mass is 127. The van der Waals surface area contributed by atoms with Gasteiger partial charge in [-0.15, -0.1) is 24.0 Å². The number of nitrogens with one attached hydrogen (secondary N) is 2. The highest BCUT2D eigenvalue weighted by molar-refractivity contribution is 14.0. The van der Waals surface area contributed by atoms with Gasteiger partial charge in [-0.2, -0.15) is 5.10 Å². The molecule has 2 N–H and O–H groups in total. The largest absolute Gasteiger partial charge is 0.377 e. The van der Waals surface area contributed by atoms with Gasteiger partial charge in [0.25, 0.3) is 0 Å². The van der Waals surface area contributed by atoms with Gasteiger partial charge in [0.2, 0.25) is 0 Å². The summed E-state index contributed by atoms with van der Waals surface area (Å²) in [5, 5.41) is 11.1. The van der Waals surface area contributed by atoms with Crippen LogP contribution in [0.15, 0.2) is 23.0 Å². The van der Waals surface area contributed by atoms with Crippen molar-refractivity contribution < 1.29 is 4.74 Å². The van der Waals surface area contributed by atoms with E-state index in [4.69, 9.17) is 4.74 Å². The number of halogens is 1. The maximum atomic E-state index is 5.32. The summed E-state index contributed by atoms with van der Waals surface area (Å²) < 4.78 is 7.30. The van der Waals surface area contributed by atoms with Crippen LogP contribution in [0.3, 0.4) is 0 Å². The summed E-state index contributed by atoms with van der Waals surface area (Å²) >= 11 is 0. The van der Waals surface area contributed by atoms with Crippen molar-refractivity contribution in [2.45, 2.75) is 38.3 Å². The number of nitrogens with zero attached hydrogens (tertiary/aromatic N) is 4. The second-order valence-electron chi connectivity index (χ2n) is 5.67. The van der Waals surface area contributed by atoms with E-state index in [2.05, 4.69) is 31.8 Å². The van der Waals surface area contributed by atoms with Gasteiger partial charge in [-0.1, -0.05) is 11.6 Å². The van der Waals surface area contributed by atoms with Crippen LogP contribution < -0.4 is 10.6 Å². The summed E-state index contributed by atoms with van der Waals surface area (Å²) in [4.78, 5) is 8.57. The van der Waals surface area contributed by atoms with Crippen molar-refractivity contribution in [1.29, 1.82) is 0 Å². The molecule has 1 atom stereocenters. The molecule has 1 aromatic heterocycles. The molecule has 23 heavy (non-hydrogen) atoms. The van der Waals surface area contributed by atoms with Gasteiger partial charge in [0.15, 0.2) is 5.96 Å². The number of hydrogen-bond acceptors (Lipinski definition) is 4. The second kappa shape index (κ2) is 9.21. The van der Waals surface area contributed by atoms with E-state index < -0.39 is 0 Å². The standard InChI is InChI=1S/C15H24N6O.HI/c1-16-15(17-7-4-12-5-8-22-9-6-12)20-13-2-3-14-18-11-19-21(14)10-13;/h5,11,13H,2-4,6-10H2,1H3,(H2,16,17,20);1H. The SMILES string of the molecule is CN=C(NCCC1=CCOCC1)NC1CCc2ncnn2C1.I. The molecule has 128 valence electrons. The van der Waals surface area contributed by atoms with E-state index in [9.17, 15) is 0 Å². The van der Waals surface area contributed by atoms with Crippen LogP contribution in [0.5, 0.6) is 0 Å². The molecular weight excluding hydrogens is 407 g/mol. The number of aliphatic imine (C=N–C) groups is 1. The monoisotopic (exact) mass is 432 g/mol. The lowest BCUT2D eigenvalue weighted by molar-refractivity contribution is 0.153. The van der Waals surface area contributed by atoms with Crippen molar-refractivity contribution in [1.82, 2.24) is 25.4 Å². The number of aryl methyl sites for hydroxylation is 1. The molecule has 0 saturated heterocycles. The van der Waals surface area contributed by atoms with Crippen molar-refractivity contribution >= 4 is 29.9 Å². The molecule has 2 aliphatic rings. The Morgan fingerprint density at radius 1 is 1.48 bits per heavy atom. The van der Waals surface area contributed by atoms with Gasteiger partial charge in [-0.05, 0) is 19.3 Å². The molecule has 0 aromatic carbocycles. The van der Waals surface area contributed by atoms with Crippen LogP contribution in [0.25, 0.3) is 0 Å². The molecule has 3 heterocycles. The Balaban J connectivity index is 0.00000192. The number of fused-ring (bicyclic) bond motifs is 1. The third kappa shape index (κ3) is 5.17. The van der Waals surface area contributed by atoms with E-state index in [1.54, 1.807) is 6.33 Å². The number of ether oxygens (including phenoxy) is 1. The van der Waals surface area contributed by atoms with Crippen molar-refractivity contribution in [3.63, 3.8) is 0 Å². The Labute approximate surface area is 154 Å². The molecule has 0 radical (unpaired) electrons. The number of aromatic nitrogens is 3. The molecular formula is C15H25IN6O. The van der Waals surface area contributed by atoms with Crippen molar-refractivity contribution in [2.75, 3.05) is 26.8 Å². The molecule has 0 amide bonds. The third-order valence-electron chi connectivity index (χ3n) is 4.17. The van der Waals surface area contributed by atoms with Gasteiger partial charge < -0.3 is 15.4 Å². The van der Waals surface area contributed by atoms with Crippen molar-refractivity contribution in [3.8, 4) is 0 Å². The fourth-order valence-corrected chi connectivity index (χ4v) is 2.88. The van der Waals surface area contributed by atoms with Gasteiger partial charge >= 0.3 is 0 Å². The lowest BCUT2D eigenvalue weighted by Crippen LogP contribution is -2.47. The first-order valence-electron chi connectivity index (χ1n) is 7.94. The highest BCUT2D eigenvalue weighted by Crippen LogP contribution is 2.12. The quantitative estimate of drug-likeness (QED) is 0.323. The summed E-state index contributed by atoms with van der Waals surface area (Å²) in [7, 11) is 1.81. The molecule has 0 fully saturated rings. The van der Waals surface area contributed by atoms with Crippen LogP contribution in [0.1, 0.15) is 25.1 Å². The van der Waals surface area contributed by atoms with Gasteiger partial charge in [-0.25, -0.2) is 9.67 Å². The zero-order valence-electron chi connectivity index (χ0n) is 13.5. The van der Waals surface area contributed by atoms with Crippen LogP contribution in [-0.2, 0) is 17.7 Å². The summed E-state index contributed by atoms with van der Waals surface area (Å²) in [5.74, 6) is 1.94. The van der Waals surface area contributed by atoms with E-state index in [1.165, 1.54) is 5.57 Å². The average molecular weight is 432 g/mol. The molecule has 8 heteroatoms. The molecule has 1 aromatic rings.